The van der Waals surface area contributed by atoms with Crippen molar-refractivity contribution in [3.8, 4) is 69.0 Å². The van der Waals surface area contributed by atoms with Crippen molar-refractivity contribution in [2.24, 2.45) is 0 Å². The lowest BCUT2D eigenvalue weighted by atomic mass is 9.85. The summed E-state index contributed by atoms with van der Waals surface area (Å²) in [4.78, 5) is 26.1. The Hall–Kier alpha value is -6.08. The van der Waals surface area contributed by atoms with Crippen LogP contribution in [0.1, 0.15) is 77.6 Å². The average Bonchev–Trinajstić information content (AvgIpc) is 3.42. The second kappa shape index (κ2) is 29.1. The minimum atomic E-state index is -0.354. The summed E-state index contributed by atoms with van der Waals surface area (Å²) in [5.41, 5.74) is 6.28. The zero-order chi connectivity index (χ0) is 54.5. The van der Waals surface area contributed by atoms with Crippen LogP contribution in [0, 0.1) is 0 Å². The van der Waals surface area contributed by atoms with Gasteiger partial charge in [-0.05, 0) is 65.1 Å². The molecule has 4 atom stereocenters. The third-order valence-corrected chi connectivity index (χ3v) is 15.1. The third-order valence-electron chi connectivity index (χ3n) is 15.1. The smallest absolute Gasteiger partial charge is 0.305 e. The van der Waals surface area contributed by atoms with Crippen molar-refractivity contribution >= 4 is 11.9 Å². The molecule has 0 spiro atoms. The summed E-state index contributed by atoms with van der Waals surface area (Å²) in [6.45, 7) is 3.52. The van der Waals surface area contributed by atoms with E-state index in [4.69, 9.17) is 66.3 Å². The number of quaternary nitrogens is 2. The number of methoxy groups -OCH3 is 12. The molecule has 4 aromatic rings. The van der Waals surface area contributed by atoms with Gasteiger partial charge < -0.3 is 100 Å². The van der Waals surface area contributed by atoms with E-state index in [9.17, 15) is 9.59 Å². The maximum absolute atomic E-state index is 13.1. The minimum Gasteiger partial charge on any atom is -1.00 e. The summed E-state index contributed by atoms with van der Waals surface area (Å²) in [6.07, 6.45) is 4.50. The molecule has 20 heteroatoms. The largest absolute Gasteiger partial charge is 1.00 e. The zero-order valence-corrected chi connectivity index (χ0v) is 48.9. The van der Waals surface area contributed by atoms with Crippen LogP contribution in [-0.4, -0.2) is 160 Å². The number of benzene rings is 4. The number of hydrogen-bond acceptors (Lipinski definition) is 16. The fraction of sp³-hybridized carbons (Fsp3) is 0.544. The van der Waals surface area contributed by atoms with E-state index in [0.29, 0.717) is 123 Å². The van der Waals surface area contributed by atoms with E-state index in [1.807, 2.05) is 36.4 Å². The van der Waals surface area contributed by atoms with Crippen LogP contribution in [0.4, 0.5) is 0 Å². The van der Waals surface area contributed by atoms with Gasteiger partial charge in [-0.25, -0.2) is 0 Å². The Kier molecular flexibility index (Phi) is 23.9. The Bertz CT molecular complexity index is 2390. The quantitative estimate of drug-likeness (QED) is 0.0462. The lowest BCUT2D eigenvalue weighted by Gasteiger charge is -2.46. The number of ether oxygens (including phenoxy) is 14. The molecule has 2 aliphatic rings. The standard InChI is InChI=1S/C57H80N2O16.2ClH/c1-58(24-20-38-34-46(66-7)54(70-11)56(72-13)50(38)40(58)28-36-30-42(62-3)52(68-9)43(31-36)63-4)22-16-26-74-48(60)18-15-19-49(61)75-27-17-23-59(2)25-21-39-35-47(67-8)55(71-12)57(73-14)51(39)41(59)29-37-32-44(64-5)53(69-10)45(33-37)65-6;;/h30-35,40-41H,15-29H2,1-14H3;2*1H/q+2;;/p-2/t40-,41?,58-,59?;;/m1../s1. The first-order chi connectivity index (χ1) is 36.2. The van der Waals surface area contributed by atoms with E-state index in [1.165, 1.54) is 0 Å². The fourth-order valence-electron chi connectivity index (χ4n) is 11.2. The number of carbonyl (C=O) groups is 2. The molecule has 2 aliphatic heterocycles. The number of esters is 2. The number of nitrogens with zero attached hydrogens (tertiary/aromatic N) is 2. The van der Waals surface area contributed by atoms with Gasteiger partial charge in [-0.15, -0.1) is 0 Å². The van der Waals surface area contributed by atoms with Crippen LogP contribution in [0.2, 0.25) is 0 Å². The molecule has 2 unspecified atom stereocenters. The van der Waals surface area contributed by atoms with Gasteiger partial charge in [-0.1, -0.05) is 0 Å². The molecule has 0 aromatic heterocycles. The summed E-state index contributed by atoms with van der Waals surface area (Å²) in [5, 5.41) is 0. The van der Waals surface area contributed by atoms with Gasteiger partial charge in [0, 0.05) is 51.4 Å². The van der Waals surface area contributed by atoms with Gasteiger partial charge >= 0.3 is 11.9 Å². The average molecular weight is 1120 g/mol. The molecule has 0 radical (unpaired) electrons. The van der Waals surface area contributed by atoms with Crippen molar-refractivity contribution < 1.29 is 110 Å². The molecule has 0 amide bonds. The Labute approximate surface area is 467 Å². The van der Waals surface area contributed by atoms with Crippen molar-refractivity contribution in [2.75, 3.05) is 139 Å². The third kappa shape index (κ3) is 14.0. The highest BCUT2D eigenvalue weighted by atomic mass is 35.5. The molecule has 0 N–H and O–H groups in total. The maximum Gasteiger partial charge on any atom is 0.305 e. The van der Waals surface area contributed by atoms with E-state index >= 15 is 0 Å². The molecule has 4 aromatic carbocycles. The predicted molar refractivity (Wildman–Crippen MR) is 282 cm³/mol. The molecule has 0 bridgehead atoms. The minimum absolute atomic E-state index is 0. The molecular weight excluding hydrogens is 1040 g/mol. The van der Waals surface area contributed by atoms with Crippen LogP contribution in [0.5, 0.6) is 69.0 Å². The Morgan fingerprint density at radius 1 is 0.416 bits per heavy atom. The van der Waals surface area contributed by atoms with E-state index < -0.39 is 0 Å². The van der Waals surface area contributed by atoms with Crippen LogP contribution in [0.3, 0.4) is 0 Å². The Morgan fingerprint density at radius 3 is 1.00 bits per heavy atom. The predicted octanol–water partition coefficient (Wildman–Crippen LogP) is 2.11. The normalized spacial score (nSPS) is 18.1. The van der Waals surface area contributed by atoms with Crippen LogP contribution in [-0.2, 0) is 44.7 Å². The molecule has 0 fully saturated rings. The van der Waals surface area contributed by atoms with Gasteiger partial charge in [0.15, 0.2) is 46.0 Å². The van der Waals surface area contributed by atoms with Crippen molar-refractivity contribution in [3.05, 3.63) is 69.8 Å². The SMILES string of the molecule is COc1cc(CC2c3c(cc(OC)c(OC)c3OC)CC[N+]2(C)CCCOC(=O)CCCC(=O)OCCC[N@+]2(C)CCc3cc(OC)c(OC)c(OC)c3[C@H]2Cc2cc(OC)c(OC)c(OC)c2)cc(OC)c1OC.[Cl-].[Cl-]. The highest BCUT2D eigenvalue weighted by Gasteiger charge is 2.45. The number of rotatable bonds is 28. The number of halogens is 2. The molecule has 0 aliphatic carbocycles. The fourth-order valence-corrected chi connectivity index (χ4v) is 11.2. The summed E-state index contributed by atoms with van der Waals surface area (Å²) in [6, 6.07) is 11.8. The van der Waals surface area contributed by atoms with E-state index in [2.05, 4.69) is 14.1 Å². The first-order valence-electron chi connectivity index (χ1n) is 25.4. The van der Waals surface area contributed by atoms with Crippen molar-refractivity contribution in [2.45, 2.75) is 69.9 Å². The van der Waals surface area contributed by atoms with Crippen LogP contribution in [0.15, 0.2) is 36.4 Å². The van der Waals surface area contributed by atoms with E-state index in [-0.39, 0.29) is 74.9 Å². The van der Waals surface area contributed by atoms with E-state index in [1.54, 1.807) is 85.3 Å². The molecule has 428 valence electrons. The van der Waals surface area contributed by atoms with Crippen LogP contribution >= 0.6 is 0 Å². The monoisotopic (exact) mass is 1120 g/mol. The summed E-state index contributed by atoms with van der Waals surface area (Å²) >= 11 is 0. The number of likely N-dealkylation sites (N-methyl/N-ethyl adjacent to an activating group) is 2. The topological polar surface area (TPSA) is 163 Å². The summed E-state index contributed by atoms with van der Waals surface area (Å²) in [5.74, 6) is 6.13. The molecule has 2 heterocycles. The molecule has 0 saturated heterocycles. The first-order valence-corrected chi connectivity index (χ1v) is 25.4. The first kappa shape index (κ1) is 63.5. The summed E-state index contributed by atoms with van der Waals surface area (Å²) < 4.78 is 82.3. The Balaban J connectivity index is 0.00000640. The van der Waals surface area contributed by atoms with Crippen molar-refractivity contribution in [1.29, 1.82) is 0 Å². The highest BCUT2D eigenvalue weighted by molar-refractivity contribution is 5.72. The molecule has 77 heavy (non-hydrogen) atoms. The lowest BCUT2D eigenvalue weighted by Crippen LogP contribution is -3.00. The van der Waals surface area contributed by atoms with Gasteiger partial charge in [0.25, 0.3) is 0 Å². The van der Waals surface area contributed by atoms with Crippen molar-refractivity contribution in [1.82, 2.24) is 0 Å². The number of hydrogen-bond donors (Lipinski definition) is 0. The second-order valence-corrected chi connectivity index (χ2v) is 19.3. The Morgan fingerprint density at radius 2 is 0.714 bits per heavy atom. The lowest BCUT2D eigenvalue weighted by molar-refractivity contribution is -0.941. The maximum atomic E-state index is 13.1. The van der Waals surface area contributed by atoms with Crippen LogP contribution in [0.25, 0.3) is 0 Å². The van der Waals surface area contributed by atoms with Gasteiger partial charge in [0.05, 0.1) is 150 Å². The molecule has 6 rings (SSSR count). The highest BCUT2D eigenvalue weighted by Crippen LogP contribution is 2.53. The molecule has 0 saturated carbocycles. The zero-order valence-electron chi connectivity index (χ0n) is 47.4. The van der Waals surface area contributed by atoms with Gasteiger partial charge in [0.1, 0.15) is 12.1 Å². The molecule has 18 nitrogen and oxygen atoms in total. The molecular formula is C57H80Cl2N2O16. The second-order valence-electron chi connectivity index (χ2n) is 19.3. The van der Waals surface area contributed by atoms with Crippen LogP contribution < -0.4 is 81.7 Å². The van der Waals surface area contributed by atoms with Gasteiger partial charge in [-0.3, -0.25) is 9.59 Å². The summed E-state index contributed by atoms with van der Waals surface area (Å²) in [7, 11) is 23.8. The van der Waals surface area contributed by atoms with Gasteiger partial charge in [0.2, 0.25) is 23.0 Å². The number of carbonyl (C=O) groups excluding carboxylic acids is 2. The van der Waals surface area contributed by atoms with E-state index in [0.717, 1.165) is 59.3 Å². The van der Waals surface area contributed by atoms with Gasteiger partial charge in [-0.2, -0.15) is 0 Å². The van der Waals surface area contributed by atoms with Crippen molar-refractivity contribution in [3.63, 3.8) is 0 Å². The number of fused-ring (bicyclic) bond motifs is 2.